The maximum absolute atomic E-state index is 12.7. The van der Waals surface area contributed by atoms with E-state index in [4.69, 9.17) is 4.74 Å². The van der Waals surface area contributed by atoms with E-state index in [1.165, 1.54) is 0 Å². The highest BCUT2D eigenvalue weighted by atomic mass is 16.5. The molecule has 0 radical (unpaired) electrons. The minimum absolute atomic E-state index is 0.00638. The normalized spacial score (nSPS) is 21.1. The standard InChI is InChI=1S/C18H26N2O3/c1-13-4-7-15(8-5-13)18(22)20-12-16(9-6-14(20)2)17(21)19-10-11-23-3/h4-5,7-8,14,16H,6,9-12H2,1-3H3,(H,19,21)/t14-,16-/m1/s1. The van der Waals surface area contributed by atoms with Gasteiger partial charge in [0.25, 0.3) is 5.91 Å². The Bertz CT molecular complexity index is 542. The fraction of sp³-hybridized carbons (Fsp3) is 0.556. The SMILES string of the molecule is COCCNC(=O)[C@@H]1CC[C@@H](C)N(C(=O)c2ccc(C)cc2)C1. The van der Waals surface area contributed by atoms with Gasteiger partial charge in [-0.3, -0.25) is 9.59 Å². The van der Waals surface area contributed by atoms with Crippen molar-refractivity contribution in [3.63, 3.8) is 0 Å². The number of ether oxygens (including phenoxy) is 1. The van der Waals surface area contributed by atoms with Crippen LogP contribution in [-0.4, -0.2) is 49.6 Å². The Morgan fingerprint density at radius 3 is 2.61 bits per heavy atom. The lowest BCUT2D eigenvalue weighted by Gasteiger charge is -2.37. The van der Waals surface area contributed by atoms with E-state index in [0.717, 1.165) is 18.4 Å². The molecule has 1 aromatic rings. The molecule has 23 heavy (non-hydrogen) atoms. The number of hydrogen-bond acceptors (Lipinski definition) is 3. The molecule has 126 valence electrons. The Labute approximate surface area is 138 Å². The van der Waals surface area contributed by atoms with Crippen LogP contribution in [0, 0.1) is 12.8 Å². The van der Waals surface area contributed by atoms with Crippen LogP contribution in [0.5, 0.6) is 0 Å². The first-order valence-electron chi connectivity index (χ1n) is 8.17. The molecule has 5 nitrogen and oxygen atoms in total. The molecule has 1 fully saturated rings. The van der Waals surface area contributed by atoms with Crippen molar-refractivity contribution in [3.8, 4) is 0 Å². The lowest BCUT2D eigenvalue weighted by Crippen LogP contribution is -2.49. The number of carbonyl (C=O) groups is 2. The van der Waals surface area contributed by atoms with Crippen LogP contribution in [0.25, 0.3) is 0 Å². The van der Waals surface area contributed by atoms with Gasteiger partial charge in [0.05, 0.1) is 12.5 Å². The van der Waals surface area contributed by atoms with E-state index in [-0.39, 0.29) is 23.8 Å². The topological polar surface area (TPSA) is 58.6 Å². The number of amides is 2. The minimum Gasteiger partial charge on any atom is -0.383 e. The molecule has 1 saturated heterocycles. The smallest absolute Gasteiger partial charge is 0.254 e. The fourth-order valence-corrected chi connectivity index (χ4v) is 2.89. The number of piperidine rings is 1. The summed E-state index contributed by atoms with van der Waals surface area (Å²) in [5.74, 6) is -0.125. The number of benzene rings is 1. The maximum atomic E-state index is 12.7. The zero-order valence-corrected chi connectivity index (χ0v) is 14.2. The molecule has 2 amide bonds. The van der Waals surface area contributed by atoms with Crippen LogP contribution in [0.3, 0.4) is 0 Å². The molecule has 0 aliphatic carbocycles. The second-order valence-corrected chi connectivity index (χ2v) is 6.23. The van der Waals surface area contributed by atoms with Crippen LogP contribution in [0.4, 0.5) is 0 Å². The summed E-state index contributed by atoms with van der Waals surface area (Å²) in [7, 11) is 1.61. The number of nitrogens with zero attached hydrogens (tertiary/aromatic N) is 1. The van der Waals surface area contributed by atoms with Crippen LogP contribution in [0.2, 0.25) is 0 Å². The first-order chi connectivity index (χ1) is 11.0. The summed E-state index contributed by atoms with van der Waals surface area (Å²) in [6.45, 7) is 5.53. The summed E-state index contributed by atoms with van der Waals surface area (Å²) < 4.78 is 4.94. The number of aryl methyl sites for hydroxylation is 1. The van der Waals surface area contributed by atoms with Crippen molar-refractivity contribution >= 4 is 11.8 Å². The van der Waals surface area contributed by atoms with Gasteiger partial charge in [-0.15, -0.1) is 0 Å². The molecule has 2 rings (SSSR count). The summed E-state index contributed by atoms with van der Waals surface area (Å²) >= 11 is 0. The highest BCUT2D eigenvalue weighted by molar-refractivity contribution is 5.95. The van der Waals surface area contributed by atoms with Gasteiger partial charge in [-0.05, 0) is 38.8 Å². The summed E-state index contributed by atoms with van der Waals surface area (Å²) in [4.78, 5) is 26.8. The molecule has 5 heteroatoms. The molecule has 0 bridgehead atoms. The van der Waals surface area contributed by atoms with Crippen LogP contribution in [0.1, 0.15) is 35.7 Å². The lowest BCUT2D eigenvalue weighted by molar-refractivity contribution is -0.126. The van der Waals surface area contributed by atoms with E-state index >= 15 is 0 Å². The van der Waals surface area contributed by atoms with Gasteiger partial charge in [0.15, 0.2) is 0 Å². The molecule has 0 aromatic heterocycles. The Kier molecular flexibility index (Phi) is 6.16. The zero-order chi connectivity index (χ0) is 16.8. The molecule has 2 atom stereocenters. The second-order valence-electron chi connectivity index (χ2n) is 6.23. The van der Waals surface area contributed by atoms with Gasteiger partial charge in [0.1, 0.15) is 0 Å². The monoisotopic (exact) mass is 318 g/mol. The van der Waals surface area contributed by atoms with E-state index in [0.29, 0.717) is 25.3 Å². The van der Waals surface area contributed by atoms with Crippen molar-refractivity contribution in [3.05, 3.63) is 35.4 Å². The Morgan fingerprint density at radius 2 is 1.96 bits per heavy atom. The molecule has 1 aliphatic rings. The molecule has 1 N–H and O–H groups in total. The largest absolute Gasteiger partial charge is 0.383 e. The molecule has 0 saturated carbocycles. The molecule has 1 aliphatic heterocycles. The first kappa shape index (κ1) is 17.5. The quantitative estimate of drug-likeness (QED) is 0.845. The average Bonchev–Trinajstić information content (AvgIpc) is 2.55. The number of rotatable bonds is 5. The molecular weight excluding hydrogens is 292 g/mol. The first-order valence-corrected chi connectivity index (χ1v) is 8.17. The summed E-state index contributed by atoms with van der Waals surface area (Å²) in [5, 5.41) is 2.87. The van der Waals surface area contributed by atoms with Crippen molar-refractivity contribution in [2.45, 2.75) is 32.7 Å². The van der Waals surface area contributed by atoms with Crippen molar-refractivity contribution in [2.75, 3.05) is 26.8 Å². The van der Waals surface area contributed by atoms with Crippen molar-refractivity contribution in [2.24, 2.45) is 5.92 Å². The number of hydrogen-bond donors (Lipinski definition) is 1. The van der Waals surface area contributed by atoms with Crippen LogP contribution < -0.4 is 5.32 Å². The molecule has 0 spiro atoms. The highest BCUT2D eigenvalue weighted by Gasteiger charge is 2.32. The van der Waals surface area contributed by atoms with Gasteiger partial charge >= 0.3 is 0 Å². The predicted octanol–water partition coefficient (Wildman–Crippen LogP) is 2.00. The average molecular weight is 318 g/mol. The van der Waals surface area contributed by atoms with E-state index < -0.39 is 0 Å². The van der Waals surface area contributed by atoms with Gasteiger partial charge in [-0.1, -0.05) is 17.7 Å². The number of nitrogens with one attached hydrogen (secondary N) is 1. The third-order valence-corrected chi connectivity index (χ3v) is 4.42. The minimum atomic E-state index is -0.141. The van der Waals surface area contributed by atoms with Crippen molar-refractivity contribution in [1.82, 2.24) is 10.2 Å². The van der Waals surface area contributed by atoms with Gasteiger partial charge < -0.3 is 15.0 Å². The molecule has 0 unspecified atom stereocenters. The summed E-state index contributed by atoms with van der Waals surface area (Å²) in [6.07, 6.45) is 1.66. The van der Waals surface area contributed by atoms with E-state index in [1.54, 1.807) is 7.11 Å². The fourth-order valence-electron chi connectivity index (χ4n) is 2.89. The highest BCUT2D eigenvalue weighted by Crippen LogP contribution is 2.24. The van der Waals surface area contributed by atoms with Gasteiger partial charge in [-0.25, -0.2) is 0 Å². The predicted molar refractivity (Wildman–Crippen MR) is 89.3 cm³/mol. The molecule has 1 heterocycles. The lowest BCUT2D eigenvalue weighted by atomic mass is 9.92. The van der Waals surface area contributed by atoms with E-state index in [9.17, 15) is 9.59 Å². The summed E-state index contributed by atoms with van der Waals surface area (Å²) in [5.41, 5.74) is 1.81. The maximum Gasteiger partial charge on any atom is 0.254 e. The van der Waals surface area contributed by atoms with Crippen LogP contribution in [0.15, 0.2) is 24.3 Å². The second kappa shape index (κ2) is 8.11. The van der Waals surface area contributed by atoms with Crippen molar-refractivity contribution in [1.29, 1.82) is 0 Å². The number of methoxy groups -OCH3 is 1. The third kappa shape index (κ3) is 4.55. The Balaban J connectivity index is 2.01. The number of likely N-dealkylation sites (tertiary alicyclic amines) is 1. The zero-order valence-electron chi connectivity index (χ0n) is 14.2. The number of carbonyl (C=O) groups excluding carboxylic acids is 2. The van der Waals surface area contributed by atoms with E-state index in [1.807, 2.05) is 43.0 Å². The van der Waals surface area contributed by atoms with Gasteiger partial charge in [0, 0.05) is 31.8 Å². The van der Waals surface area contributed by atoms with Gasteiger partial charge in [-0.2, -0.15) is 0 Å². The molecule has 1 aromatic carbocycles. The third-order valence-electron chi connectivity index (χ3n) is 4.42. The van der Waals surface area contributed by atoms with Crippen molar-refractivity contribution < 1.29 is 14.3 Å². The Hall–Kier alpha value is -1.88. The van der Waals surface area contributed by atoms with Crippen LogP contribution in [-0.2, 0) is 9.53 Å². The molecular formula is C18H26N2O3. The summed E-state index contributed by atoms with van der Waals surface area (Å²) in [6, 6.07) is 7.75. The van der Waals surface area contributed by atoms with Gasteiger partial charge in [0.2, 0.25) is 5.91 Å². The van der Waals surface area contributed by atoms with E-state index in [2.05, 4.69) is 5.32 Å². The Morgan fingerprint density at radius 1 is 1.26 bits per heavy atom. The van der Waals surface area contributed by atoms with Crippen LogP contribution >= 0.6 is 0 Å².